The molecule has 0 aliphatic heterocycles. The van der Waals surface area contributed by atoms with Gasteiger partial charge in [-0.25, -0.2) is 13.2 Å². The maximum absolute atomic E-state index is 12.6. The lowest BCUT2D eigenvalue weighted by Gasteiger charge is -2.12. The number of rotatable bonds is 5. The Morgan fingerprint density at radius 3 is 2.40 bits per heavy atom. The van der Waals surface area contributed by atoms with Crippen molar-refractivity contribution in [2.24, 2.45) is 0 Å². The molecule has 1 aromatic heterocycles. The summed E-state index contributed by atoms with van der Waals surface area (Å²) in [7, 11) is -2.14. The topological polar surface area (TPSA) is 119 Å². The number of nitrogens with one attached hydrogen (secondary N) is 2. The van der Waals surface area contributed by atoms with Crippen LogP contribution in [0.15, 0.2) is 29.2 Å². The number of hydrogen-bond donors (Lipinski definition) is 2. The Kier molecular flexibility index (Phi) is 6.57. The molecule has 10 heteroatoms. The van der Waals surface area contributed by atoms with Crippen molar-refractivity contribution >= 4 is 44.1 Å². The second-order valence-electron chi connectivity index (χ2n) is 7.00. The molecule has 0 unspecified atom stereocenters. The average molecular weight is 451 g/mol. The van der Waals surface area contributed by atoms with Crippen molar-refractivity contribution in [3.05, 3.63) is 45.8 Å². The van der Waals surface area contributed by atoms with E-state index in [4.69, 9.17) is 0 Å². The van der Waals surface area contributed by atoms with E-state index in [2.05, 4.69) is 15.4 Å². The number of benzene rings is 1. The number of anilines is 1. The van der Waals surface area contributed by atoms with E-state index in [1.807, 2.05) is 0 Å². The number of sulfone groups is 1. The summed E-state index contributed by atoms with van der Waals surface area (Å²) >= 11 is 1.35. The minimum atomic E-state index is -3.31. The summed E-state index contributed by atoms with van der Waals surface area (Å²) in [5, 5.41) is 5.35. The summed E-state index contributed by atoms with van der Waals surface area (Å²) in [5.74, 6) is -0.943. The Bertz CT molecular complexity index is 1090. The standard InChI is InChI=1S/C20H22N2O6S2/c1-28-20(25)22-18(24)17-14-5-3-4-6-15(14)29-19(17)21-16(23)11-12-7-9-13(10-8-12)30(2,26)27/h7-10H,3-6,11H2,1-2H3,(H,21,23)(H,22,24,25). The van der Waals surface area contributed by atoms with Crippen LogP contribution in [0, 0.1) is 0 Å². The molecule has 1 aromatic carbocycles. The lowest BCUT2D eigenvalue weighted by Crippen LogP contribution is -2.31. The molecule has 3 rings (SSSR count). The van der Waals surface area contributed by atoms with Crippen LogP contribution < -0.4 is 10.6 Å². The first-order valence-electron chi connectivity index (χ1n) is 9.31. The molecule has 0 fully saturated rings. The van der Waals surface area contributed by atoms with Gasteiger partial charge >= 0.3 is 6.09 Å². The monoisotopic (exact) mass is 450 g/mol. The zero-order valence-corrected chi connectivity index (χ0v) is 18.2. The molecule has 0 atom stereocenters. The molecular formula is C20H22N2O6S2. The number of carbonyl (C=O) groups is 3. The molecule has 0 bridgehead atoms. The summed E-state index contributed by atoms with van der Waals surface area (Å²) < 4.78 is 27.6. The first-order chi connectivity index (χ1) is 14.2. The van der Waals surface area contributed by atoms with Crippen LogP contribution in [0.5, 0.6) is 0 Å². The second-order valence-corrected chi connectivity index (χ2v) is 10.1. The zero-order chi connectivity index (χ0) is 21.9. The molecular weight excluding hydrogens is 428 g/mol. The highest BCUT2D eigenvalue weighted by Gasteiger charge is 2.27. The Morgan fingerprint density at radius 1 is 1.10 bits per heavy atom. The Hall–Kier alpha value is -2.72. The maximum Gasteiger partial charge on any atom is 0.413 e. The number of hydrogen-bond acceptors (Lipinski definition) is 7. The minimum absolute atomic E-state index is 0.0185. The highest BCUT2D eigenvalue weighted by atomic mass is 32.2. The van der Waals surface area contributed by atoms with Gasteiger partial charge in [-0.05, 0) is 48.9 Å². The Morgan fingerprint density at radius 2 is 1.77 bits per heavy atom. The zero-order valence-electron chi connectivity index (χ0n) is 16.6. The van der Waals surface area contributed by atoms with Crippen LogP contribution in [0.4, 0.5) is 9.80 Å². The van der Waals surface area contributed by atoms with E-state index in [9.17, 15) is 22.8 Å². The summed E-state index contributed by atoms with van der Waals surface area (Å²) in [6.07, 6.45) is 3.74. The van der Waals surface area contributed by atoms with Crippen LogP contribution in [-0.2, 0) is 38.6 Å². The largest absolute Gasteiger partial charge is 0.453 e. The van der Waals surface area contributed by atoms with Crippen molar-refractivity contribution in [1.29, 1.82) is 0 Å². The molecule has 0 saturated heterocycles. The molecule has 0 radical (unpaired) electrons. The molecule has 1 heterocycles. The van der Waals surface area contributed by atoms with Gasteiger partial charge in [-0.3, -0.25) is 14.9 Å². The van der Waals surface area contributed by atoms with Gasteiger partial charge in [-0.1, -0.05) is 12.1 Å². The number of amides is 3. The molecule has 2 N–H and O–H groups in total. The van der Waals surface area contributed by atoms with Gasteiger partial charge in [0.1, 0.15) is 5.00 Å². The van der Waals surface area contributed by atoms with Gasteiger partial charge in [0.25, 0.3) is 5.91 Å². The fourth-order valence-electron chi connectivity index (χ4n) is 3.31. The SMILES string of the molecule is COC(=O)NC(=O)c1c(NC(=O)Cc2ccc(S(C)(=O)=O)cc2)sc2c1CCCC2. The van der Waals surface area contributed by atoms with Crippen LogP contribution in [0.3, 0.4) is 0 Å². The van der Waals surface area contributed by atoms with Gasteiger partial charge in [0.05, 0.1) is 24.0 Å². The third-order valence-electron chi connectivity index (χ3n) is 4.77. The van der Waals surface area contributed by atoms with E-state index in [0.717, 1.165) is 36.0 Å². The number of carbonyl (C=O) groups excluding carboxylic acids is 3. The fraction of sp³-hybridized carbons (Fsp3) is 0.350. The molecule has 1 aliphatic rings. The fourth-order valence-corrected chi connectivity index (χ4v) is 5.24. The average Bonchev–Trinajstić information content (AvgIpc) is 3.05. The highest BCUT2D eigenvalue weighted by molar-refractivity contribution is 7.90. The summed E-state index contributed by atoms with van der Waals surface area (Å²) in [5.41, 5.74) is 1.81. The quantitative estimate of drug-likeness (QED) is 0.723. The number of aryl methyl sites for hydroxylation is 1. The molecule has 30 heavy (non-hydrogen) atoms. The summed E-state index contributed by atoms with van der Waals surface area (Å²) in [6, 6.07) is 6.08. The van der Waals surface area contributed by atoms with Crippen LogP contribution in [0.25, 0.3) is 0 Å². The van der Waals surface area contributed by atoms with Gasteiger partial charge in [0.2, 0.25) is 5.91 Å². The van der Waals surface area contributed by atoms with E-state index in [1.165, 1.54) is 30.6 Å². The van der Waals surface area contributed by atoms with Crippen LogP contribution >= 0.6 is 11.3 Å². The molecule has 3 amide bonds. The summed E-state index contributed by atoms with van der Waals surface area (Å²) in [4.78, 5) is 37.9. The van der Waals surface area contributed by atoms with Crippen molar-refractivity contribution < 1.29 is 27.5 Å². The number of thiophene rings is 1. The van der Waals surface area contributed by atoms with Crippen LogP contribution in [0.1, 0.15) is 39.2 Å². The number of alkyl carbamates (subject to hydrolysis) is 1. The molecule has 0 saturated carbocycles. The van der Waals surface area contributed by atoms with Crippen LogP contribution in [-0.4, -0.2) is 39.7 Å². The highest BCUT2D eigenvalue weighted by Crippen LogP contribution is 2.38. The Labute approximate surface area is 178 Å². The molecule has 0 spiro atoms. The van der Waals surface area contributed by atoms with Gasteiger partial charge in [0.15, 0.2) is 9.84 Å². The van der Waals surface area contributed by atoms with E-state index in [1.54, 1.807) is 12.1 Å². The van der Waals surface area contributed by atoms with Crippen molar-refractivity contribution in [2.75, 3.05) is 18.7 Å². The van der Waals surface area contributed by atoms with Crippen molar-refractivity contribution in [2.45, 2.75) is 37.0 Å². The number of ether oxygens (including phenoxy) is 1. The second kappa shape index (κ2) is 8.97. The maximum atomic E-state index is 12.6. The van der Waals surface area contributed by atoms with Gasteiger partial charge in [-0.15, -0.1) is 11.3 Å². The lowest BCUT2D eigenvalue weighted by molar-refractivity contribution is -0.115. The number of fused-ring (bicyclic) bond motifs is 1. The molecule has 1 aliphatic carbocycles. The first-order valence-corrected chi connectivity index (χ1v) is 12.0. The van der Waals surface area contributed by atoms with Crippen molar-refractivity contribution in [3.8, 4) is 0 Å². The smallest absolute Gasteiger partial charge is 0.413 e. The third kappa shape index (κ3) is 5.06. The van der Waals surface area contributed by atoms with Crippen molar-refractivity contribution in [3.63, 3.8) is 0 Å². The molecule has 8 nitrogen and oxygen atoms in total. The minimum Gasteiger partial charge on any atom is -0.453 e. The van der Waals surface area contributed by atoms with E-state index in [0.29, 0.717) is 22.5 Å². The molecule has 160 valence electrons. The summed E-state index contributed by atoms with van der Waals surface area (Å²) in [6.45, 7) is 0. The van der Waals surface area contributed by atoms with Crippen LogP contribution in [0.2, 0.25) is 0 Å². The first kappa shape index (κ1) is 22.0. The van der Waals surface area contributed by atoms with Gasteiger partial charge < -0.3 is 10.1 Å². The van der Waals surface area contributed by atoms with Gasteiger partial charge in [0, 0.05) is 11.1 Å². The lowest BCUT2D eigenvalue weighted by atomic mass is 9.95. The van der Waals surface area contributed by atoms with E-state index in [-0.39, 0.29) is 17.2 Å². The number of imide groups is 1. The van der Waals surface area contributed by atoms with Gasteiger partial charge in [-0.2, -0.15) is 0 Å². The molecule has 2 aromatic rings. The van der Waals surface area contributed by atoms with E-state index >= 15 is 0 Å². The number of methoxy groups -OCH3 is 1. The van der Waals surface area contributed by atoms with Crippen molar-refractivity contribution in [1.82, 2.24) is 5.32 Å². The Balaban J connectivity index is 1.80. The normalized spacial score (nSPS) is 13.3. The predicted molar refractivity (Wildman–Crippen MR) is 113 cm³/mol. The van der Waals surface area contributed by atoms with E-state index < -0.39 is 21.8 Å². The third-order valence-corrected chi connectivity index (χ3v) is 7.10. The predicted octanol–water partition coefficient (Wildman–Crippen LogP) is 2.71.